The van der Waals surface area contributed by atoms with Crippen LogP contribution in [0.5, 0.6) is 0 Å². The van der Waals surface area contributed by atoms with E-state index < -0.39 is 41.1 Å². The van der Waals surface area contributed by atoms with Gasteiger partial charge >= 0.3 is 0 Å². The minimum absolute atomic E-state index is 0.124. The molecular formula is C12H12ClN3O5S2. The summed E-state index contributed by atoms with van der Waals surface area (Å²) in [7, 11) is -8.29. The number of hydrogen-bond acceptors (Lipinski definition) is 6. The van der Waals surface area contributed by atoms with Gasteiger partial charge in [0.15, 0.2) is 9.84 Å². The summed E-state index contributed by atoms with van der Waals surface area (Å²) in [4.78, 5) is 12.6. The third-order valence-corrected chi connectivity index (χ3v) is 6.74. The molecule has 0 spiro atoms. The number of rotatable bonds is 5. The molecule has 1 heterocycles. The second-order valence-corrected chi connectivity index (χ2v) is 8.78. The van der Waals surface area contributed by atoms with Crippen molar-refractivity contribution in [2.75, 3.05) is 5.75 Å². The van der Waals surface area contributed by atoms with Crippen LogP contribution >= 0.6 is 11.6 Å². The van der Waals surface area contributed by atoms with E-state index in [1.807, 2.05) is 0 Å². The number of carbonyl (C=O) groups excluding carboxylic acids is 1. The zero-order valence-electron chi connectivity index (χ0n) is 11.5. The molecule has 0 saturated carbocycles. The molecule has 0 radical (unpaired) electrons. The maximum absolute atomic E-state index is 12.6. The number of hydrazine groups is 1. The molecule has 0 atom stereocenters. The second-order valence-electron chi connectivity index (χ2n) is 4.47. The number of nitrogens with one attached hydrogen (secondary N) is 2. The van der Waals surface area contributed by atoms with Crippen molar-refractivity contribution in [1.29, 1.82) is 0 Å². The predicted octanol–water partition coefficient (Wildman–Crippen LogP) is 0.264. The highest BCUT2D eigenvalue weighted by Crippen LogP contribution is 2.28. The number of aromatic amines is 1. The van der Waals surface area contributed by atoms with Crippen molar-refractivity contribution in [3.63, 3.8) is 0 Å². The van der Waals surface area contributed by atoms with Crippen LogP contribution in [0.2, 0.25) is 5.02 Å². The lowest BCUT2D eigenvalue weighted by Crippen LogP contribution is -2.35. The van der Waals surface area contributed by atoms with Crippen molar-refractivity contribution in [2.24, 2.45) is 5.84 Å². The average Bonchev–Trinajstić information content (AvgIpc) is 2.98. The third-order valence-electron chi connectivity index (χ3n) is 2.90. The Morgan fingerprint density at radius 3 is 2.22 bits per heavy atom. The number of carbonyl (C=O) groups is 1. The quantitative estimate of drug-likeness (QED) is 0.388. The first-order chi connectivity index (χ1) is 10.7. The number of hydrogen-bond donors (Lipinski definition) is 3. The molecule has 0 aliphatic rings. The summed E-state index contributed by atoms with van der Waals surface area (Å²) >= 11 is 5.71. The Kier molecular flexibility index (Phi) is 4.80. The number of amides is 1. The van der Waals surface area contributed by atoms with Crippen LogP contribution in [0, 0.1) is 0 Å². The lowest BCUT2D eigenvalue weighted by Gasteiger charge is -2.07. The Hall–Kier alpha value is -1.88. The van der Waals surface area contributed by atoms with Crippen LogP contribution in [0.1, 0.15) is 0 Å². The Balaban J connectivity index is 2.53. The summed E-state index contributed by atoms with van der Waals surface area (Å²) < 4.78 is 49.5. The van der Waals surface area contributed by atoms with Gasteiger partial charge in [0, 0.05) is 17.4 Å². The lowest BCUT2D eigenvalue weighted by atomic mass is 10.4. The van der Waals surface area contributed by atoms with E-state index in [1.54, 1.807) is 5.43 Å². The molecule has 4 N–H and O–H groups in total. The summed E-state index contributed by atoms with van der Waals surface area (Å²) in [6, 6.07) is 5.26. The number of halogens is 1. The summed E-state index contributed by atoms with van der Waals surface area (Å²) in [5.41, 5.74) is 1.69. The van der Waals surface area contributed by atoms with E-state index in [-0.39, 0.29) is 4.90 Å². The highest BCUT2D eigenvalue weighted by Gasteiger charge is 2.30. The van der Waals surface area contributed by atoms with Gasteiger partial charge in [-0.25, -0.2) is 22.7 Å². The van der Waals surface area contributed by atoms with Crippen LogP contribution < -0.4 is 11.3 Å². The van der Waals surface area contributed by atoms with Crippen molar-refractivity contribution in [3.05, 3.63) is 41.7 Å². The zero-order chi connectivity index (χ0) is 17.3. The first kappa shape index (κ1) is 17.5. The Morgan fingerprint density at radius 2 is 1.65 bits per heavy atom. The zero-order valence-corrected chi connectivity index (χ0v) is 13.9. The van der Waals surface area contributed by atoms with Crippen molar-refractivity contribution < 1.29 is 21.6 Å². The van der Waals surface area contributed by atoms with Crippen molar-refractivity contribution >= 4 is 37.2 Å². The molecule has 0 bridgehead atoms. The standard InChI is InChI=1S/C12H12ClN3O5S2/c13-8-1-3-9(4-2-8)23(20,21)11-6-15-5-10(11)22(18,19)7-12(17)16-14/h1-6,15H,7,14H2,(H,16,17). The van der Waals surface area contributed by atoms with Gasteiger partial charge in [0.1, 0.15) is 15.5 Å². The summed E-state index contributed by atoms with van der Waals surface area (Å²) in [6.07, 6.45) is 2.04. The lowest BCUT2D eigenvalue weighted by molar-refractivity contribution is -0.118. The smallest absolute Gasteiger partial charge is 0.249 e. The van der Waals surface area contributed by atoms with Crippen LogP contribution in [0.15, 0.2) is 51.3 Å². The summed E-state index contributed by atoms with van der Waals surface area (Å²) in [5.74, 6) is 2.93. The van der Waals surface area contributed by atoms with Crippen molar-refractivity contribution in [2.45, 2.75) is 14.7 Å². The number of H-pyrrole nitrogens is 1. The van der Waals surface area contributed by atoms with E-state index in [1.165, 1.54) is 24.3 Å². The molecule has 0 unspecified atom stereocenters. The molecule has 23 heavy (non-hydrogen) atoms. The van der Waals surface area contributed by atoms with Crippen molar-refractivity contribution in [3.8, 4) is 0 Å². The highest BCUT2D eigenvalue weighted by atomic mass is 35.5. The Labute approximate surface area is 137 Å². The van der Waals surface area contributed by atoms with Gasteiger partial charge in [-0.05, 0) is 24.3 Å². The van der Waals surface area contributed by atoms with Gasteiger partial charge in [0.25, 0.3) is 0 Å². The first-order valence-electron chi connectivity index (χ1n) is 6.08. The van der Waals surface area contributed by atoms with Gasteiger partial charge in [-0.2, -0.15) is 0 Å². The van der Waals surface area contributed by atoms with Crippen LogP contribution in [-0.2, 0) is 24.5 Å². The topological polar surface area (TPSA) is 139 Å². The van der Waals surface area contributed by atoms with Crippen LogP contribution in [0.4, 0.5) is 0 Å². The number of benzene rings is 1. The monoisotopic (exact) mass is 377 g/mol. The molecule has 2 aromatic rings. The second kappa shape index (κ2) is 6.32. The molecule has 11 heteroatoms. The number of sulfone groups is 2. The molecule has 0 aliphatic carbocycles. The fraction of sp³-hybridized carbons (Fsp3) is 0.0833. The third kappa shape index (κ3) is 3.55. The molecule has 1 aromatic carbocycles. The molecule has 0 saturated heterocycles. The summed E-state index contributed by atoms with van der Waals surface area (Å²) in [5, 5.41) is 0.338. The van der Waals surface area contributed by atoms with Crippen LogP contribution in [-0.4, -0.2) is 33.5 Å². The maximum atomic E-state index is 12.6. The normalized spacial score (nSPS) is 12.1. The van der Waals surface area contributed by atoms with Crippen molar-refractivity contribution in [1.82, 2.24) is 10.4 Å². The van der Waals surface area contributed by atoms with Gasteiger partial charge < -0.3 is 4.98 Å². The van der Waals surface area contributed by atoms with E-state index in [0.717, 1.165) is 12.4 Å². The van der Waals surface area contributed by atoms with E-state index in [9.17, 15) is 21.6 Å². The molecule has 0 fully saturated rings. The van der Waals surface area contributed by atoms with Gasteiger partial charge in [0.05, 0.1) is 4.90 Å². The molecule has 1 aromatic heterocycles. The maximum Gasteiger partial charge on any atom is 0.249 e. The van der Waals surface area contributed by atoms with Crippen LogP contribution in [0.3, 0.4) is 0 Å². The van der Waals surface area contributed by atoms with Gasteiger partial charge in [0.2, 0.25) is 15.7 Å². The Bertz CT molecular complexity index is 933. The SMILES string of the molecule is NNC(=O)CS(=O)(=O)c1c[nH]cc1S(=O)(=O)c1ccc(Cl)cc1. The molecule has 1 amide bonds. The molecular weight excluding hydrogens is 366 g/mol. The first-order valence-corrected chi connectivity index (χ1v) is 9.59. The highest BCUT2D eigenvalue weighted by molar-refractivity contribution is 7.95. The molecule has 124 valence electrons. The minimum Gasteiger partial charge on any atom is -0.365 e. The molecule has 0 aliphatic heterocycles. The fourth-order valence-corrected chi connectivity index (χ4v) is 5.15. The predicted molar refractivity (Wildman–Crippen MR) is 82.1 cm³/mol. The average molecular weight is 378 g/mol. The van der Waals surface area contributed by atoms with E-state index in [0.29, 0.717) is 5.02 Å². The van der Waals surface area contributed by atoms with Gasteiger partial charge in [-0.15, -0.1) is 0 Å². The van der Waals surface area contributed by atoms with Gasteiger partial charge in [-0.1, -0.05) is 11.6 Å². The van der Waals surface area contributed by atoms with Crippen LogP contribution in [0.25, 0.3) is 0 Å². The summed E-state index contributed by atoms with van der Waals surface area (Å²) in [6.45, 7) is 0. The largest absolute Gasteiger partial charge is 0.365 e. The minimum atomic E-state index is -4.19. The van der Waals surface area contributed by atoms with E-state index in [4.69, 9.17) is 17.4 Å². The van der Waals surface area contributed by atoms with E-state index in [2.05, 4.69) is 4.98 Å². The molecule has 8 nitrogen and oxygen atoms in total. The molecule has 2 rings (SSSR count). The number of aromatic nitrogens is 1. The fourth-order valence-electron chi connectivity index (χ4n) is 1.82. The number of nitrogens with two attached hydrogens (primary N) is 1. The van der Waals surface area contributed by atoms with E-state index >= 15 is 0 Å². The van der Waals surface area contributed by atoms with Gasteiger partial charge in [-0.3, -0.25) is 10.2 Å². The Morgan fingerprint density at radius 1 is 1.09 bits per heavy atom.